The summed E-state index contributed by atoms with van der Waals surface area (Å²) in [6.07, 6.45) is 5.78. The zero-order chi connectivity index (χ0) is 20.2. The van der Waals surface area contributed by atoms with E-state index in [1.807, 2.05) is 40.5 Å². The van der Waals surface area contributed by atoms with Crippen molar-refractivity contribution < 1.29 is 0 Å². The van der Waals surface area contributed by atoms with Crippen molar-refractivity contribution in [3.05, 3.63) is 41.9 Å². The zero-order valence-corrected chi connectivity index (χ0v) is 17.3. The largest absolute Gasteiger partial charge is 0.356 e. The van der Waals surface area contributed by atoms with Crippen LogP contribution in [0.3, 0.4) is 0 Å². The number of rotatable bonds is 6. The molecule has 9 nitrogen and oxygen atoms in total. The van der Waals surface area contributed by atoms with Crippen molar-refractivity contribution in [1.82, 2.24) is 40.0 Å². The molecule has 4 heterocycles. The van der Waals surface area contributed by atoms with Gasteiger partial charge in [-0.3, -0.25) is 9.39 Å². The first-order valence-electron chi connectivity index (χ1n) is 10.3. The highest BCUT2D eigenvalue weighted by molar-refractivity contribution is 5.79. The number of hydrogen-bond donors (Lipinski definition) is 2. The highest BCUT2D eigenvalue weighted by atomic mass is 15.4. The highest BCUT2D eigenvalue weighted by Crippen LogP contribution is 2.17. The molecule has 3 aromatic heterocycles. The Labute approximate surface area is 170 Å². The number of aryl methyl sites for hydroxylation is 2. The van der Waals surface area contributed by atoms with Gasteiger partial charge in [0.05, 0.1) is 6.54 Å². The van der Waals surface area contributed by atoms with E-state index < -0.39 is 0 Å². The lowest BCUT2D eigenvalue weighted by molar-refractivity contribution is 0.391. The summed E-state index contributed by atoms with van der Waals surface area (Å²) in [5, 5.41) is 20.1. The minimum absolute atomic E-state index is 0.302. The van der Waals surface area contributed by atoms with E-state index in [0.717, 1.165) is 67.9 Å². The van der Waals surface area contributed by atoms with Gasteiger partial charge in [0.1, 0.15) is 11.6 Å². The number of nitrogens with zero attached hydrogens (tertiary/aromatic N) is 7. The molecule has 29 heavy (non-hydrogen) atoms. The minimum Gasteiger partial charge on any atom is -0.356 e. The van der Waals surface area contributed by atoms with Gasteiger partial charge in [0, 0.05) is 44.6 Å². The lowest BCUT2D eigenvalue weighted by Gasteiger charge is -2.25. The SMILES string of the molecule is CN=C(NCCCc1nnc2ccccn12)NC1CCc2nc(C(C)C)nn2C1. The van der Waals surface area contributed by atoms with Gasteiger partial charge in [0.25, 0.3) is 0 Å². The van der Waals surface area contributed by atoms with E-state index in [1.165, 1.54) is 0 Å². The Balaban J connectivity index is 1.25. The van der Waals surface area contributed by atoms with Crippen molar-refractivity contribution in [1.29, 1.82) is 0 Å². The molecule has 1 atom stereocenters. The molecule has 0 bridgehead atoms. The molecule has 0 aromatic carbocycles. The molecule has 0 amide bonds. The predicted molar refractivity (Wildman–Crippen MR) is 112 cm³/mol. The van der Waals surface area contributed by atoms with Gasteiger partial charge >= 0.3 is 0 Å². The summed E-state index contributed by atoms with van der Waals surface area (Å²) >= 11 is 0. The van der Waals surface area contributed by atoms with E-state index in [-0.39, 0.29) is 0 Å². The summed E-state index contributed by atoms with van der Waals surface area (Å²) in [5.41, 5.74) is 0.887. The van der Waals surface area contributed by atoms with Crippen LogP contribution < -0.4 is 10.6 Å². The summed E-state index contributed by atoms with van der Waals surface area (Å²) in [6, 6.07) is 6.24. The average Bonchev–Trinajstić information content (AvgIpc) is 3.34. The molecule has 3 aromatic rings. The van der Waals surface area contributed by atoms with Crippen LogP contribution in [-0.4, -0.2) is 55.0 Å². The Morgan fingerprint density at radius 1 is 1.31 bits per heavy atom. The Morgan fingerprint density at radius 3 is 3.03 bits per heavy atom. The van der Waals surface area contributed by atoms with Gasteiger partial charge in [-0.1, -0.05) is 19.9 Å². The van der Waals surface area contributed by atoms with Crippen LogP contribution >= 0.6 is 0 Å². The Morgan fingerprint density at radius 2 is 2.21 bits per heavy atom. The first-order chi connectivity index (χ1) is 14.1. The van der Waals surface area contributed by atoms with E-state index in [4.69, 9.17) is 0 Å². The van der Waals surface area contributed by atoms with Crippen molar-refractivity contribution in [3.63, 3.8) is 0 Å². The molecule has 1 aliphatic heterocycles. The van der Waals surface area contributed by atoms with E-state index in [0.29, 0.717) is 12.0 Å². The normalized spacial score (nSPS) is 17.0. The maximum atomic E-state index is 4.66. The number of fused-ring (bicyclic) bond motifs is 2. The van der Waals surface area contributed by atoms with Gasteiger partial charge in [0.15, 0.2) is 17.4 Å². The Hall–Kier alpha value is -2.97. The van der Waals surface area contributed by atoms with Crippen LogP contribution in [-0.2, 0) is 19.4 Å². The summed E-state index contributed by atoms with van der Waals surface area (Å²) in [6.45, 7) is 5.90. The van der Waals surface area contributed by atoms with E-state index in [1.54, 1.807) is 0 Å². The second-order valence-electron chi connectivity index (χ2n) is 7.75. The third-order valence-electron chi connectivity index (χ3n) is 5.21. The van der Waals surface area contributed by atoms with E-state index in [9.17, 15) is 0 Å². The molecular formula is C20H29N9. The maximum absolute atomic E-state index is 4.66. The molecular weight excluding hydrogens is 366 g/mol. The first kappa shape index (κ1) is 19.4. The molecule has 0 saturated heterocycles. The monoisotopic (exact) mass is 395 g/mol. The molecule has 0 saturated carbocycles. The van der Waals surface area contributed by atoms with Crippen molar-refractivity contribution in [3.8, 4) is 0 Å². The summed E-state index contributed by atoms with van der Waals surface area (Å²) in [5.74, 6) is 4.20. The molecule has 9 heteroatoms. The maximum Gasteiger partial charge on any atom is 0.191 e. The smallest absolute Gasteiger partial charge is 0.191 e. The Kier molecular flexibility index (Phi) is 5.73. The second kappa shape index (κ2) is 8.59. The average molecular weight is 396 g/mol. The van der Waals surface area contributed by atoms with Crippen molar-refractivity contribution in [2.45, 2.75) is 58.0 Å². The van der Waals surface area contributed by atoms with Gasteiger partial charge in [-0.05, 0) is 25.0 Å². The number of nitrogens with one attached hydrogen (secondary N) is 2. The third-order valence-corrected chi connectivity index (χ3v) is 5.21. The molecule has 1 aliphatic rings. The molecule has 0 fully saturated rings. The van der Waals surface area contributed by atoms with E-state index >= 15 is 0 Å². The van der Waals surface area contributed by atoms with Crippen LogP contribution in [0.5, 0.6) is 0 Å². The number of hydrogen-bond acceptors (Lipinski definition) is 5. The molecule has 0 aliphatic carbocycles. The lowest BCUT2D eigenvalue weighted by Crippen LogP contribution is -2.47. The number of pyridine rings is 1. The van der Waals surface area contributed by atoms with Crippen LogP contribution in [0.25, 0.3) is 5.65 Å². The second-order valence-corrected chi connectivity index (χ2v) is 7.75. The van der Waals surface area contributed by atoms with Gasteiger partial charge in [-0.25, -0.2) is 9.67 Å². The minimum atomic E-state index is 0.302. The predicted octanol–water partition coefficient (Wildman–Crippen LogP) is 1.56. The van der Waals surface area contributed by atoms with Gasteiger partial charge < -0.3 is 10.6 Å². The fourth-order valence-electron chi connectivity index (χ4n) is 3.59. The summed E-state index contributed by atoms with van der Waals surface area (Å²) in [7, 11) is 1.81. The van der Waals surface area contributed by atoms with Gasteiger partial charge in [0.2, 0.25) is 0 Å². The summed E-state index contributed by atoms with van der Waals surface area (Å²) in [4.78, 5) is 9.03. The topological polar surface area (TPSA) is 97.3 Å². The molecule has 0 radical (unpaired) electrons. The van der Waals surface area contributed by atoms with Crippen molar-refractivity contribution in [2.75, 3.05) is 13.6 Å². The summed E-state index contributed by atoms with van der Waals surface area (Å²) < 4.78 is 4.08. The molecule has 0 spiro atoms. The van der Waals surface area contributed by atoms with Crippen LogP contribution in [0.15, 0.2) is 29.4 Å². The zero-order valence-electron chi connectivity index (χ0n) is 17.3. The van der Waals surface area contributed by atoms with Gasteiger partial charge in [-0.15, -0.1) is 10.2 Å². The van der Waals surface area contributed by atoms with E-state index in [2.05, 4.69) is 49.8 Å². The standard InChI is InChI=1S/C20H29N9/c1-14(2)19-24-16-10-9-15(13-29(16)27-19)23-20(21-3)22-11-6-8-18-26-25-17-7-4-5-12-28(17)18/h4-5,7,12,14-15H,6,8-11,13H2,1-3H3,(H2,21,22,23). The number of aliphatic imine (C=N–C) groups is 1. The number of aromatic nitrogens is 6. The van der Waals surface area contributed by atoms with Crippen LogP contribution in [0, 0.1) is 0 Å². The highest BCUT2D eigenvalue weighted by Gasteiger charge is 2.23. The molecule has 1 unspecified atom stereocenters. The lowest BCUT2D eigenvalue weighted by atomic mass is 10.1. The number of guanidine groups is 1. The van der Waals surface area contributed by atoms with Crippen molar-refractivity contribution >= 4 is 11.6 Å². The molecule has 2 N–H and O–H groups in total. The van der Waals surface area contributed by atoms with Crippen LogP contribution in [0.4, 0.5) is 0 Å². The quantitative estimate of drug-likeness (QED) is 0.373. The molecule has 4 rings (SSSR count). The van der Waals surface area contributed by atoms with Crippen molar-refractivity contribution in [2.24, 2.45) is 4.99 Å². The van der Waals surface area contributed by atoms with Crippen LogP contribution in [0.1, 0.15) is 50.1 Å². The fourth-order valence-corrected chi connectivity index (χ4v) is 3.59. The first-order valence-corrected chi connectivity index (χ1v) is 10.3. The van der Waals surface area contributed by atoms with Crippen LogP contribution in [0.2, 0.25) is 0 Å². The Bertz CT molecular complexity index is 985. The third kappa shape index (κ3) is 4.38. The molecule has 154 valence electrons. The fraction of sp³-hybridized carbons (Fsp3) is 0.550. The van der Waals surface area contributed by atoms with Gasteiger partial charge in [-0.2, -0.15) is 5.10 Å².